The highest BCUT2D eigenvalue weighted by Gasteiger charge is 2.22. The van der Waals surface area contributed by atoms with Crippen molar-refractivity contribution in [1.29, 1.82) is 0 Å². The number of nitrogens with one attached hydrogen (secondary N) is 1. The predicted molar refractivity (Wildman–Crippen MR) is 129 cm³/mol. The van der Waals surface area contributed by atoms with Gasteiger partial charge in [-0.1, -0.05) is 42.0 Å². The van der Waals surface area contributed by atoms with Crippen LogP contribution in [-0.2, 0) is 11.3 Å². The molecule has 166 valence electrons. The molecule has 0 saturated carbocycles. The van der Waals surface area contributed by atoms with Crippen molar-refractivity contribution in [2.45, 2.75) is 13.5 Å². The summed E-state index contributed by atoms with van der Waals surface area (Å²) in [5, 5.41) is 12.9. The van der Waals surface area contributed by atoms with Crippen LogP contribution in [0.2, 0.25) is 5.02 Å². The minimum absolute atomic E-state index is 0.0286. The Morgan fingerprint density at radius 1 is 0.970 bits per heavy atom. The van der Waals surface area contributed by atoms with Crippen molar-refractivity contribution < 1.29 is 19.5 Å². The number of hydrogen-bond donors (Lipinski definition) is 2. The molecule has 3 aromatic rings. The molecule has 0 aromatic heterocycles. The molecular weight excluding hydrogens is 440 g/mol. The van der Waals surface area contributed by atoms with E-state index in [2.05, 4.69) is 5.32 Å². The van der Waals surface area contributed by atoms with E-state index in [1.807, 2.05) is 30.4 Å². The monoisotopic (exact) mass is 460 g/mol. The molecule has 7 heteroatoms. The lowest BCUT2D eigenvalue weighted by Crippen LogP contribution is -2.29. The lowest BCUT2D eigenvalue weighted by Gasteiger charge is -2.26. The lowest BCUT2D eigenvalue weighted by atomic mass is 9.90. The molecule has 0 atom stereocenters. The van der Waals surface area contributed by atoms with E-state index in [1.165, 1.54) is 20.0 Å². The highest BCUT2D eigenvalue weighted by atomic mass is 35.5. The van der Waals surface area contributed by atoms with Crippen molar-refractivity contribution in [3.8, 4) is 11.1 Å². The first-order valence-electron chi connectivity index (χ1n) is 10.3. The molecule has 2 amide bonds. The average Bonchev–Trinajstić information content (AvgIpc) is 2.79. The van der Waals surface area contributed by atoms with E-state index in [4.69, 9.17) is 11.6 Å². The summed E-state index contributed by atoms with van der Waals surface area (Å²) < 4.78 is 0. The molecule has 0 bridgehead atoms. The largest absolute Gasteiger partial charge is 0.478 e. The van der Waals surface area contributed by atoms with Gasteiger partial charge < -0.3 is 15.3 Å². The number of carboxylic acid groups (broad SMARTS) is 1. The highest BCUT2D eigenvalue weighted by Crippen LogP contribution is 2.34. The number of carbonyl (C=O) groups is 3. The van der Waals surface area contributed by atoms with Gasteiger partial charge in [-0.25, -0.2) is 4.79 Å². The van der Waals surface area contributed by atoms with Gasteiger partial charge in [-0.3, -0.25) is 9.59 Å². The number of carboxylic acids is 1. The number of rotatable bonds is 3. The van der Waals surface area contributed by atoms with Crippen LogP contribution in [0.3, 0.4) is 0 Å². The standard InChI is InChI=1S/C26H21ClN2O4/c1-15(30)29-14-19-12-18(24-21(25(31)28-2)4-3-5-22(24)26(32)33)9-7-16(19)6-8-17-13-20(27)10-11-23(17)29/h3-13H,14H2,1-2H3,(H,28,31)(H,32,33). The van der Waals surface area contributed by atoms with E-state index in [1.54, 1.807) is 35.2 Å². The Morgan fingerprint density at radius 3 is 2.39 bits per heavy atom. The number of anilines is 1. The second-order valence-corrected chi connectivity index (χ2v) is 8.10. The summed E-state index contributed by atoms with van der Waals surface area (Å²) in [6.45, 7) is 1.78. The Morgan fingerprint density at radius 2 is 1.70 bits per heavy atom. The van der Waals surface area contributed by atoms with Gasteiger partial charge in [-0.05, 0) is 58.7 Å². The van der Waals surface area contributed by atoms with E-state index in [9.17, 15) is 19.5 Å². The number of fused-ring (bicyclic) bond motifs is 2. The Kier molecular flexibility index (Phi) is 6.03. The second kappa shape index (κ2) is 8.92. The maximum absolute atomic E-state index is 12.5. The number of amides is 2. The number of benzene rings is 3. The van der Waals surface area contributed by atoms with E-state index in [0.29, 0.717) is 16.1 Å². The first-order chi connectivity index (χ1) is 15.8. The normalized spacial score (nSPS) is 12.3. The lowest BCUT2D eigenvalue weighted by molar-refractivity contribution is -0.116. The first-order valence-corrected chi connectivity index (χ1v) is 10.7. The molecular formula is C26H21ClN2O4. The molecule has 0 saturated heterocycles. The fourth-order valence-corrected chi connectivity index (χ4v) is 4.23. The average molecular weight is 461 g/mol. The smallest absolute Gasteiger partial charge is 0.336 e. The summed E-state index contributed by atoms with van der Waals surface area (Å²) in [5.74, 6) is -1.64. The number of hydrogen-bond acceptors (Lipinski definition) is 3. The van der Waals surface area contributed by atoms with Crippen LogP contribution >= 0.6 is 11.6 Å². The fourth-order valence-electron chi connectivity index (χ4n) is 4.05. The summed E-state index contributed by atoms with van der Waals surface area (Å²) >= 11 is 6.16. The van der Waals surface area contributed by atoms with Gasteiger partial charge >= 0.3 is 5.97 Å². The van der Waals surface area contributed by atoms with Gasteiger partial charge in [0.15, 0.2) is 0 Å². The molecule has 0 radical (unpaired) electrons. The minimum atomic E-state index is -1.13. The van der Waals surface area contributed by atoms with Gasteiger partial charge in [-0.2, -0.15) is 0 Å². The van der Waals surface area contributed by atoms with Crippen LogP contribution < -0.4 is 10.2 Å². The SMILES string of the molecule is CNC(=O)c1cccc(C(=O)O)c1-c1ccc2c(c1)CN(C(C)=O)c1ccc(Cl)cc1C=C2. The third kappa shape index (κ3) is 4.25. The van der Waals surface area contributed by atoms with Crippen molar-refractivity contribution in [2.24, 2.45) is 0 Å². The van der Waals surface area contributed by atoms with Crippen molar-refractivity contribution in [3.05, 3.63) is 87.4 Å². The second-order valence-electron chi connectivity index (χ2n) is 7.67. The summed E-state index contributed by atoms with van der Waals surface area (Å²) in [4.78, 5) is 38.6. The molecule has 1 aliphatic heterocycles. The predicted octanol–water partition coefficient (Wildman–Crippen LogP) is 5.10. The maximum atomic E-state index is 12.5. The van der Waals surface area contributed by atoms with Crippen LogP contribution in [0.4, 0.5) is 5.69 Å². The molecule has 0 fully saturated rings. The summed E-state index contributed by atoms with van der Waals surface area (Å²) in [6, 6.07) is 15.5. The zero-order valence-electron chi connectivity index (χ0n) is 18.1. The van der Waals surface area contributed by atoms with Crippen molar-refractivity contribution in [2.75, 3.05) is 11.9 Å². The van der Waals surface area contributed by atoms with Crippen LogP contribution in [-0.4, -0.2) is 29.9 Å². The zero-order chi connectivity index (χ0) is 23.7. The third-order valence-electron chi connectivity index (χ3n) is 5.63. The molecule has 0 unspecified atom stereocenters. The van der Waals surface area contributed by atoms with Crippen LogP contribution in [0, 0.1) is 0 Å². The molecule has 33 heavy (non-hydrogen) atoms. The zero-order valence-corrected chi connectivity index (χ0v) is 18.8. The Hall–Kier alpha value is -3.90. The molecule has 1 aliphatic rings. The summed E-state index contributed by atoms with van der Waals surface area (Å²) in [5.41, 5.74) is 4.47. The van der Waals surface area contributed by atoms with Gasteiger partial charge in [0.1, 0.15) is 0 Å². The minimum Gasteiger partial charge on any atom is -0.478 e. The molecule has 4 rings (SSSR count). The third-order valence-corrected chi connectivity index (χ3v) is 5.86. The van der Waals surface area contributed by atoms with Crippen molar-refractivity contribution in [3.63, 3.8) is 0 Å². The number of nitrogens with zero attached hydrogens (tertiary/aromatic N) is 1. The van der Waals surface area contributed by atoms with Gasteiger partial charge in [0.25, 0.3) is 5.91 Å². The molecule has 3 aromatic carbocycles. The van der Waals surface area contributed by atoms with E-state index < -0.39 is 5.97 Å². The van der Waals surface area contributed by atoms with E-state index in [0.717, 1.165) is 22.4 Å². The Balaban J connectivity index is 1.91. The summed E-state index contributed by atoms with van der Waals surface area (Å²) in [7, 11) is 1.50. The molecule has 2 N–H and O–H groups in total. The quantitative estimate of drug-likeness (QED) is 0.569. The van der Waals surface area contributed by atoms with Gasteiger partial charge in [0.05, 0.1) is 17.8 Å². The highest BCUT2D eigenvalue weighted by molar-refractivity contribution is 6.31. The molecule has 1 heterocycles. The fraction of sp³-hybridized carbons (Fsp3) is 0.115. The van der Waals surface area contributed by atoms with Crippen LogP contribution in [0.25, 0.3) is 23.3 Å². The van der Waals surface area contributed by atoms with Crippen LogP contribution in [0.1, 0.15) is 44.3 Å². The van der Waals surface area contributed by atoms with Crippen LogP contribution in [0.15, 0.2) is 54.6 Å². The van der Waals surface area contributed by atoms with Crippen molar-refractivity contribution in [1.82, 2.24) is 5.32 Å². The number of aromatic carboxylic acids is 1. The first kappa shape index (κ1) is 22.3. The van der Waals surface area contributed by atoms with E-state index >= 15 is 0 Å². The van der Waals surface area contributed by atoms with Gasteiger partial charge in [0, 0.05) is 30.1 Å². The Bertz CT molecular complexity index is 1330. The van der Waals surface area contributed by atoms with E-state index in [-0.39, 0.29) is 29.5 Å². The Labute approximate surface area is 196 Å². The van der Waals surface area contributed by atoms with Gasteiger partial charge in [0.2, 0.25) is 5.91 Å². The topological polar surface area (TPSA) is 86.7 Å². The number of carbonyl (C=O) groups excluding carboxylic acids is 2. The van der Waals surface area contributed by atoms with Gasteiger partial charge in [-0.15, -0.1) is 0 Å². The van der Waals surface area contributed by atoms with Crippen LogP contribution in [0.5, 0.6) is 0 Å². The van der Waals surface area contributed by atoms with Crippen molar-refractivity contribution >= 4 is 47.2 Å². The maximum Gasteiger partial charge on any atom is 0.336 e. The molecule has 6 nitrogen and oxygen atoms in total. The molecule has 0 aliphatic carbocycles. The molecule has 0 spiro atoms. The summed E-state index contributed by atoms with van der Waals surface area (Å²) in [6.07, 6.45) is 3.84. The number of halogens is 1.